The highest BCUT2D eigenvalue weighted by atomic mass is 19.1. The zero-order valence-electron chi connectivity index (χ0n) is 61.2. The van der Waals surface area contributed by atoms with Crippen LogP contribution in [0.3, 0.4) is 0 Å². The fourth-order valence-corrected chi connectivity index (χ4v) is 13.5. The molecule has 2 aliphatic carbocycles. The zero-order chi connectivity index (χ0) is 77.1. The van der Waals surface area contributed by atoms with Crippen LogP contribution in [0.5, 0.6) is 34.9 Å². The van der Waals surface area contributed by atoms with Crippen LogP contribution in [0.4, 0.5) is 78.3 Å². The largest absolute Gasteiger partial charge is 0.433 e. The van der Waals surface area contributed by atoms with E-state index in [1.54, 1.807) is 101 Å². The summed E-state index contributed by atoms with van der Waals surface area (Å²) >= 11 is 0. The first kappa shape index (κ1) is 74.1. The van der Waals surface area contributed by atoms with Gasteiger partial charge in [-0.1, -0.05) is 6.92 Å². The van der Waals surface area contributed by atoms with Gasteiger partial charge >= 0.3 is 0 Å². The maximum Gasteiger partial charge on any atom is 0.261 e. The lowest BCUT2D eigenvalue weighted by atomic mass is 10.2. The fourth-order valence-electron chi connectivity index (χ4n) is 13.5. The van der Waals surface area contributed by atoms with Crippen LogP contribution in [0.25, 0.3) is 32.7 Å². The van der Waals surface area contributed by atoms with Crippen molar-refractivity contribution in [2.75, 3.05) is 116 Å². The Labute approximate surface area is 632 Å². The Kier molecular flexibility index (Phi) is 21.4. The number of nitrogens with one attached hydrogen (secondary N) is 5. The number of ether oxygens (including phenoxy) is 3. The number of hydrogen-bond acceptors (Lipinski definition) is 24. The van der Waals surface area contributed by atoms with Gasteiger partial charge in [-0.3, -0.25) is 28.1 Å². The van der Waals surface area contributed by atoms with Crippen LogP contribution in [0.2, 0.25) is 0 Å². The van der Waals surface area contributed by atoms with Crippen molar-refractivity contribution in [3.63, 3.8) is 0 Å². The lowest BCUT2D eigenvalue weighted by Crippen LogP contribution is -2.44. The Balaban J connectivity index is 0.000000132. The molecule has 0 radical (unpaired) electrons. The molecule has 0 amide bonds. The summed E-state index contributed by atoms with van der Waals surface area (Å²) in [6.45, 7) is 17.9. The Bertz CT molecular complexity index is 5470. The number of aromatic nitrogens is 12. The number of rotatable bonds is 18. The van der Waals surface area contributed by atoms with Gasteiger partial charge in [0.15, 0.2) is 52.2 Å². The monoisotopic (exact) mass is 1520 g/mol. The number of anilines is 9. The second-order valence-corrected chi connectivity index (χ2v) is 27.4. The quantitative estimate of drug-likeness (QED) is 0.0499. The molecule has 0 spiro atoms. The molecule has 12 heterocycles. The number of carbonyl (C=O) groups excluding carboxylic acids is 3. The summed E-state index contributed by atoms with van der Waals surface area (Å²) in [5, 5.41) is 15.8. The minimum absolute atomic E-state index is 0.0120. The highest BCUT2D eigenvalue weighted by Gasteiger charge is 2.35. The predicted molar refractivity (Wildman–Crippen MR) is 406 cm³/mol. The van der Waals surface area contributed by atoms with Crippen molar-refractivity contribution >= 4 is 102 Å². The van der Waals surface area contributed by atoms with Crippen molar-refractivity contribution in [1.82, 2.24) is 74.1 Å². The number of halogens is 6. The summed E-state index contributed by atoms with van der Waals surface area (Å²) in [6.07, 6.45) is 12.2. The molecule has 2 saturated carbocycles. The van der Waals surface area contributed by atoms with Crippen molar-refractivity contribution in [2.24, 2.45) is 11.8 Å². The number of likely N-dealkylation sites (N-methyl/N-ethyl adjacent to an activating group) is 1. The van der Waals surface area contributed by atoms with E-state index in [9.17, 15) is 14.4 Å². The van der Waals surface area contributed by atoms with Gasteiger partial charge in [0.25, 0.3) is 17.6 Å². The molecule has 0 unspecified atom stereocenters. The van der Waals surface area contributed by atoms with E-state index in [0.29, 0.717) is 51.1 Å². The molecule has 572 valence electrons. The Morgan fingerprint density at radius 3 is 1.05 bits per heavy atom. The molecule has 0 bridgehead atoms. The van der Waals surface area contributed by atoms with Crippen LogP contribution in [0.15, 0.2) is 129 Å². The zero-order valence-corrected chi connectivity index (χ0v) is 61.2. The third-order valence-corrected chi connectivity index (χ3v) is 19.8. The first-order valence-electron chi connectivity index (χ1n) is 36.5. The number of piperazine rings is 3. The number of fused-ring (bicyclic) bond motifs is 3. The molecule has 0 atom stereocenters. The summed E-state index contributed by atoms with van der Waals surface area (Å²) in [5.74, 6) is -6.18. The van der Waals surface area contributed by atoms with Crippen molar-refractivity contribution in [2.45, 2.75) is 59.8 Å². The van der Waals surface area contributed by atoms with Crippen molar-refractivity contribution in [1.29, 1.82) is 0 Å². The first-order valence-corrected chi connectivity index (χ1v) is 36.5. The molecule has 33 heteroatoms. The third-order valence-electron chi connectivity index (χ3n) is 19.8. The van der Waals surface area contributed by atoms with Gasteiger partial charge in [0.1, 0.15) is 36.4 Å². The molecule has 9 aromatic heterocycles. The van der Waals surface area contributed by atoms with Crippen molar-refractivity contribution in [3.05, 3.63) is 181 Å². The van der Waals surface area contributed by atoms with Gasteiger partial charge in [-0.25, -0.2) is 43.1 Å². The van der Waals surface area contributed by atoms with E-state index in [4.69, 9.17) is 14.2 Å². The summed E-state index contributed by atoms with van der Waals surface area (Å²) in [5.41, 5.74) is 6.16. The highest BCUT2D eigenvalue weighted by Crippen LogP contribution is 2.41. The first-order chi connectivity index (χ1) is 53.8. The number of hydrogen-bond donors (Lipinski definition) is 5. The third kappa shape index (κ3) is 15.9. The average molecular weight is 1520 g/mol. The minimum atomic E-state index is -0.889. The van der Waals surface area contributed by atoms with E-state index in [1.165, 1.54) is 31.9 Å². The van der Waals surface area contributed by atoms with E-state index >= 15 is 26.3 Å². The standard InChI is InChI=1S/C27H27F2N7O2.C26H25F2N7O2.C25H25F2N7O2/c1-16-13-19-20(36(16)27(37)17-3-4-17)6-7-21(23(19)28)38-26-24(29)25(31-15-32-26)33-22-8-5-18(14-30-22)35-11-9-34(2)10-12-35;1-15-12-18-19(35(15)26(36)16-2-3-16)5-6-20(22(18)27)37-25-23(28)24(31-14-32-25)33-21-7-4-17(13-30-21)34-10-8-29-9-11-34;1-3-21(35)34-15(2)12-17-18(34)5-6-19(22(17)26)36-25-23(27)24(30-14-31-25)32-20-7-4-16(13-29-20)33-10-8-28-9-11-33/h5-8,13-15,17H,3-4,9-12H2,1-2H3,(H,30,31,32,33);4-7,12-14,16,29H,2-3,8-11H2,1H3,(H,30,31,32,33);4-7,12-14,28H,3,8-11H2,1-2H3,(H,29,30,31,32). The minimum Gasteiger partial charge on any atom is -0.433 e. The van der Waals surface area contributed by atoms with Crippen LogP contribution in [0.1, 0.15) is 70.5 Å². The van der Waals surface area contributed by atoms with E-state index in [1.807, 2.05) is 18.2 Å². The molecule has 3 aromatic carbocycles. The number of benzene rings is 3. The molecule has 3 aliphatic heterocycles. The second kappa shape index (κ2) is 32.1. The predicted octanol–water partition coefficient (Wildman–Crippen LogP) is 13.6. The molecular formula is C78H77F6N21O6. The topological polar surface area (TPSA) is 283 Å². The van der Waals surface area contributed by atoms with Crippen LogP contribution >= 0.6 is 0 Å². The van der Waals surface area contributed by atoms with Crippen molar-refractivity contribution < 1.29 is 54.9 Å². The molecule has 5 aliphatic rings. The van der Waals surface area contributed by atoms with E-state index < -0.39 is 52.5 Å². The lowest BCUT2D eigenvalue weighted by molar-refractivity contribution is 0.0881. The summed E-state index contributed by atoms with van der Waals surface area (Å²) in [4.78, 5) is 83.0. The average Bonchev–Trinajstić information content (AvgIpc) is 1.63. The maximum absolute atomic E-state index is 15.4. The molecule has 3 saturated heterocycles. The fraction of sp³-hybridized carbons (Fsp3) is 0.308. The number of nitrogens with zero attached hydrogens (tertiary/aromatic N) is 16. The van der Waals surface area contributed by atoms with Gasteiger partial charge in [-0.15, -0.1) is 0 Å². The van der Waals surface area contributed by atoms with E-state index in [-0.39, 0.29) is 86.8 Å². The summed E-state index contributed by atoms with van der Waals surface area (Å²) in [7, 11) is 2.10. The smallest absolute Gasteiger partial charge is 0.261 e. The summed E-state index contributed by atoms with van der Waals surface area (Å²) < 4.78 is 113. The molecule has 111 heavy (non-hydrogen) atoms. The van der Waals surface area contributed by atoms with Gasteiger partial charge in [0.2, 0.25) is 35.2 Å². The van der Waals surface area contributed by atoms with E-state index in [0.717, 1.165) is 140 Å². The molecule has 12 aromatic rings. The Morgan fingerprint density at radius 1 is 0.414 bits per heavy atom. The van der Waals surface area contributed by atoms with Gasteiger partial charge in [-0.05, 0) is 144 Å². The summed E-state index contributed by atoms with van der Waals surface area (Å²) in [6, 6.07) is 24.6. The maximum atomic E-state index is 15.4. The highest BCUT2D eigenvalue weighted by molar-refractivity contribution is 5.98. The normalized spacial score (nSPS) is 15.2. The van der Waals surface area contributed by atoms with Crippen molar-refractivity contribution in [3.8, 4) is 34.9 Å². The number of aryl methyl sites for hydroxylation is 3. The molecular weight excluding hydrogens is 1440 g/mol. The lowest BCUT2D eigenvalue weighted by Gasteiger charge is -2.33. The number of pyridine rings is 3. The second-order valence-electron chi connectivity index (χ2n) is 27.4. The van der Waals surface area contributed by atoms with Gasteiger partial charge in [0.05, 0.1) is 52.2 Å². The van der Waals surface area contributed by atoms with E-state index in [2.05, 4.69) is 98.1 Å². The Hall–Kier alpha value is -12.4. The van der Waals surface area contributed by atoms with Gasteiger partial charge < -0.3 is 60.4 Å². The van der Waals surface area contributed by atoms with Crippen LogP contribution in [-0.4, -0.2) is 167 Å². The molecule has 5 N–H and O–H groups in total. The Morgan fingerprint density at radius 2 is 0.739 bits per heavy atom. The van der Waals surface area contributed by atoms with Gasteiger partial charge in [-0.2, -0.15) is 28.1 Å². The molecule has 5 fully saturated rings. The molecule has 27 nitrogen and oxygen atoms in total. The molecule has 17 rings (SSSR count). The van der Waals surface area contributed by atoms with Crippen LogP contribution in [-0.2, 0) is 0 Å². The van der Waals surface area contributed by atoms with Gasteiger partial charge in [0, 0.05) is 130 Å². The van der Waals surface area contributed by atoms with Crippen LogP contribution < -0.4 is 55.5 Å². The number of carbonyl (C=O) groups is 3. The SMILES string of the molecule is CCC(=O)n1c(C)cc2c(F)c(Oc3ncnc(Nc4ccc(N5CCNCC5)cn4)c3F)ccc21.Cc1cc2c(F)c(Oc3ncnc(Nc4ccc(N5CCN(C)CC5)cn4)c3F)ccc2n1C(=O)C1CC1.Cc1cc2c(F)c(Oc3ncnc(Nc4ccc(N5CCNCC5)cn4)c3F)ccc2n1C(=O)C1CC1. The van der Waals surface area contributed by atoms with Crippen LogP contribution in [0, 0.1) is 67.5 Å².